The van der Waals surface area contributed by atoms with Crippen LogP contribution in [-0.4, -0.2) is 21.3 Å². The van der Waals surface area contributed by atoms with Crippen molar-refractivity contribution in [2.45, 2.75) is 25.4 Å². The van der Waals surface area contributed by atoms with Gasteiger partial charge in [0, 0.05) is 12.2 Å². The number of hydrogen-bond donors (Lipinski definition) is 3. The number of hydrogen-bond acceptors (Lipinski definition) is 6. The average Bonchev–Trinajstić information content (AvgIpc) is 3.19. The second-order valence-electron chi connectivity index (χ2n) is 4.69. The molecule has 20 heavy (non-hydrogen) atoms. The minimum Gasteiger partial charge on any atom is -0.382 e. The van der Waals surface area contributed by atoms with Gasteiger partial charge in [0.1, 0.15) is 10.6 Å². The van der Waals surface area contributed by atoms with E-state index in [-0.39, 0.29) is 11.7 Å². The fourth-order valence-corrected chi connectivity index (χ4v) is 2.51. The number of pyridine rings is 1. The van der Waals surface area contributed by atoms with Crippen LogP contribution in [0.4, 0.5) is 10.8 Å². The highest BCUT2D eigenvalue weighted by atomic mass is 32.1. The summed E-state index contributed by atoms with van der Waals surface area (Å²) >= 11 is 1.20. The highest BCUT2D eigenvalue weighted by Gasteiger charge is 2.27. The largest absolute Gasteiger partial charge is 0.382 e. The van der Waals surface area contributed by atoms with E-state index < -0.39 is 0 Å². The lowest BCUT2D eigenvalue weighted by molar-refractivity contribution is 0.0953. The minimum absolute atomic E-state index is 0.151. The second-order valence-corrected chi connectivity index (χ2v) is 5.47. The van der Waals surface area contributed by atoms with Gasteiger partial charge in [0.05, 0.1) is 12.2 Å². The summed E-state index contributed by atoms with van der Waals surface area (Å²) in [7, 11) is 0. The third-order valence-electron chi connectivity index (χ3n) is 3.01. The third kappa shape index (κ3) is 2.88. The standard InChI is InChI=1S/C13H15N5OS/c14-11-10(12(19)17-8-4-5-8)13(20-18-11)16-7-9-3-1-2-6-15-9/h1-3,6,8,16H,4-5,7H2,(H2,14,18)(H,17,19). The van der Waals surface area contributed by atoms with Gasteiger partial charge in [-0.05, 0) is 36.5 Å². The molecular weight excluding hydrogens is 274 g/mol. The van der Waals surface area contributed by atoms with E-state index in [0.717, 1.165) is 18.5 Å². The molecular formula is C13H15N5OS. The Bertz CT molecular complexity index is 608. The summed E-state index contributed by atoms with van der Waals surface area (Å²) < 4.78 is 4.05. The molecule has 0 aromatic carbocycles. The zero-order chi connectivity index (χ0) is 13.9. The van der Waals surface area contributed by atoms with Gasteiger partial charge in [-0.1, -0.05) is 6.07 Å². The van der Waals surface area contributed by atoms with Crippen molar-refractivity contribution in [3.8, 4) is 0 Å². The van der Waals surface area contributed by atoms with Gasteiger partial charge in [0.2, 0.25) is 0 Å². The monoisotopic (exact) mass is 289 g/mol. The van der Waals surface area contributed by atoms with Crippen molar-refractivity contribution in [1.29, 1.82) is 0 Å². The van der Waals surface area contributed by atoms with Crippen LogP contribution in [0.2, 0.25) is 0 Å². The highest BCUT2D eigenvalue weighted by Crippen LogP contribution is 2.28. The van der Waals surface area contributed by atoms with E-state index in [9.17, 15) is 4.79 Å². The van der Waals surface area contributed by atoms with Crippen LogP contribution in [0.1, 0.15) is 28.9 Å². The number of rotatable bonds is 5. The topological polar surface area (TPSA) is 92.9 Å². The van der Waals surface area contributed by atoms with Crippen LogP contribution >= 0.6 is 11.5 Å². The molecule has 0 saturated heterocycles. The molecule has 7 heteroatoms. The van der Waals surface area contributed by atoms with E-state index in [2.05, 4.69) is 20.0 Å². The van der Waals surface area contributed by atoms with Crippen molar-refractivity contribution < 1.29 is 4.79 Å². The van der Waals surface area contributed by atoms with Crippen LogP contribution < -0.4 is 16.4 Å². The summed E-state index contributed by atoms with van der Waals surface area (Å²) in [5.74, 6) is 0.124. The van der Waals surface area contributed by atoms with E-state index in [1.807, 2.05) is 18.2 Å². The molecule has 2 aromatic rings. The number of aromatic nitrogens is 2. The lowest BCUT2D eigenvalue weighted by Crippen LogP contribution is -2.26. The van der Waals surface area contributed by atoms with Crippen molar-refractivity contribution in [1.82, 2.24) is 14.7 Å². The first kappa shape index (κ1) is 12.9. The molecule has 4 N–H and O–H groups in total. The molecule has 2 heterocycles. The first-order valence-corrected chi connectivity index (χ1v) is 7.21. The van der Waals surface area contributed by atoms with Gasteiger partial charge < -0.3 is 16.4 Å². The Labute approximate surface area is 120 Å². The Morgan fingerprint density at radius 1 is 1.45 bits per heavy atom. The molecule has 1 aliphatic carbocycles. The van der Waals surface area contributed by atoms with Crippen molar-refractivity contribution in [2.24, 2.45) is 0 Å². The van der Waals surface area contributed by atoms with Crippen LogP contribution in [-0.2, 0) is 6.54 Å². The van der Waals surface area contributed by atoms with Crippen molar-refractivity contribution in [3.63, 3.8) is 0 Å². The number of nitrogen functional groups attached to an aromatic ring is 1. The molecule has 1 aliphatic rings. The van der Waals surface area contributed by atoms with Gasteiger partial charge in [-0.15, -0.1) is 0 Å². The molecule has 0 atom stereocenters. The van der Waals surface area contributed by atoms with Gasteiger partial charge in [-0.3, -0.25) is 9.78 Å². The maximum atomic E-state index is 12.1. The number of nitrogens with two attached hydrogens (primary N) is 1. The van der Waals surface area contributed by atoms with Crippen LogP contribution in [0.15, 0.2) is 24.4 Å². The molecule has 1 amide bonds. The highest BCUT2D eigenvalue weighted by molar-refractivity contribution is 7.11. The van der Waals surface area contributed by atoms with Gasteiger partial charge in [0.15, 0.2) is 5.82 Å². The van der Waals surface area contributed by atoms with E-state index in [1.54, 1.807) is 6.20 Å². The first-order valence-electron chi connectivity index (χ1n) is 6.44. The van der Waals surface area contributed by atoms with Crippen LogP contribution in [0.5, 0.6) is 0 Å². The van der Waals surface area contributed by atoms with Gasteiger partial charge >= 0.3 is 0 Å². The molecule has 104 valence electrons. The van der Waals surface area contributed by atoms with E-state index in [0.29, 0.717) is 23.2 Å². The molecule has 0 bridgehead atoms. The van der Waals surface area contributed by atoms with E-state index in [1.165, 1.54) is 11.5 Å². The molecule has 2 aromatic heterocycles. The lowest BCUT2D eigenvalue weighted by atomic mass is 10.2. The van der Waals surface area contributed by atoms with Crippen molar-refractivity contribution >= 4 is 28.3 Å². The number of nitrogens with zero attached hydrogens (tertiary/aromatic N) is 2. The Hall–Kier alpha value is -2.15. The Morgan fingerprint density at radius 3 is 3.00 bits per heavy atom. The zero-order valence-electron chi connectivity index (χ0n) is 10.8. The number of carbonyl (C=O) groups is 1. The van der Waals surface area contributed by atoms with E-state index >= 15 is 0 Å². The first-order chi connectivity index (χ1) is 9.74. The predicted molar refractivity (Wildman–Crippen MR) is 78.6 cm³/mol. The predicted octanol–water partition coefficient (Wildman–Crippen LogP) is 1.62. The smallest absolute Gasteiger partial charge is 0.258 e. The van der Waals surface area contributed by atoms with Gasteiger partial charge in [0.25, 0.3) is 5.91 Å². The number of nitrogens with one attached hydrogen (secondary N) is 2. The summed E-state index contributed by atoms with van der Waals surface area (Å²) in [5, 5.41) is 6.79. The zero-order valence-corrected chi connectivity index (χ0v) is 11.6. The molecule has 6 nitrogen and oxygen atoms in total. The lowest BCUT2D eigenvalue weighted by Gasteiger charge is -2.07. The third-order valence-corrected chi connectivity index (χ3v) is 3.83. The average molecular weight is 289 g/mol. The molecule has 3 rings (SSSR count). The number of amides is 1. The van der Waals surface area contributed by atoms with Gasteiger partial charge in [-0.2, -0.15) is 4.37 Å². The summed E-state index contributed by atoms with van der Waals surface area (Å²) in [5.41, 5.74) is 7.13. The summed E-state index contributed by atoms with van der Waals surface area (Å²) in [4.78, 5) is 16.4. The molecule has 0 spiro atoms. The summed E-state index contributed by atoms with van der Waals surface area (Å²) in [6, 6.07) is 6.00. The molecule has 1 fully saturated rings. The quantitative estimate of drug-likeness (QED) is 0.778. The fourth-order valence-electron chi connectivity index (χ4n) is 1.80. The molecule has 1 saturated carbocycles. The maximum absolute atomic E-state index is 12.1. The normalized spacial score (nSPS) is 14.0. The molecule has 0 aliphatic heterocycles. The Morgan fingerprint density at radius 2 is 2.30 bits per heavy atom. The molecule has 0 radical (unpaired) electrons. The van der Waals surface area contributed by atoms with Crippen molar-refractivity contribution in [2.75, 3.05) is 11.1 Å². The number of carbonyl (C=O) groups excluding carboxylic acids is 1. The number of anilines is 2. The second kappa shape index (κ2) is 5.46. The van der Waals surface area contributed by atoms with Gasteiger partial charge in [-0.25, -0.2) is 0 Å². The van der Waals surface area contributed by atoms with Crippen molar-refractivity contribution in [3.05, 3.63) is 35.7 Å². The van der Waals surface area contributed by atoms with Crippen LogP contribution in [0.25, 0.3) is 0 Å². The Kier molecular flexibility index (Phi) is 3.51. The SMILES string of the molecule is Nc1nsc(NCc2ccccn2)c1C(=O)NC1CC1. The van der Waals surface area contributed by atoms with Crippen LogP contribution in [0.3, 0.4) is 0 Å². The maximum Gasteiger partial charge on any atom is 0.258 e. The molecule has 0 unspecified atom stereocenters. The van der Waals surface area contributed by atoms with Crippen LogP contribution in [0, 0.1) is 0 Å². The van der Waals surface area contributed by atoms with E-state index in [4.69, 9.17) is 5.73 Å². The fraction of sp³-hybridized carbons (Fsp3) is 0.308. The summed E-state index contributed by atoms with van der Waals surface area (Å²) in [6.07, 6.45) is 3.82. The summed E-state index contributed by atoms with van der Waals surface area (Å²) in [6.45, 7) is 0.534. The minimum atomic E-state index is -0.151. The Balaban J connectivity index is 1.71.